The van der Waals surface area contributed by atoms with Gasteiger partial charge >= 0.3 is 0 Å². The Labute approximate surface area is 224 Å². The molecule has 0 amide bonds. The van der Waals surface area contributed by atoms with Crippen molar-refractivity contribution >= 4 is 11.0 Å². The van der Waals surface area contributed by atoms with Gasteiger partial charge in [0.05, 0.1) is 24.3 Å². The molecule has 0 radical (unpaired) electrons. The first-order chi connectivity index (χ1) is 19.0. The van der Waals surface area contributed by atoms with Crippen LogP contribution < -0.4 is 5.43 Å². The maximum Gasteiger partial charge on any atom is 0.197 e. The lowest BCUT2D eigenvalue weighted by atomic mass is 9.85. The number of aliphatic hydroxyl groups is 7. The first-order valence-corrected chi connectivity index (χ1v) is 12.3. The van der Waals surface area contributed by atoms with Crippen molar-refractivity contribution in [2.24, 2.45) is 0 Å². The number of aromatic hydroxyl groups is 3. The Kier molecular flexibility index (Phi) is 7.47. The SMILES string of the molecule is O=c1cc(-c2ccc(O)cc2)oc2c([C@@H]3OC(CO)[C@@H](O)[C@H](O)C3O)c(O)c([C@H]3OC[C@H](O)[C@@H](O)C3O)c(O)c12. The standard InChI is InChI=1S/C26H28O14/c27-6-13-18(32)21(35)23(37)26(40-13)16-20(34)15(25-22(36)17(31)11(30)7-38-25)19(33)14-10(29)5-12(39-24(14)16)8-1-3-9(28)4-2-8/h1-5,11,13,17-18,21-23,25-28,30-37H,6-7H2/t11-,13?,17+,18+,21-,22?,23?,25+,26-/m0/s1. The van der Waals surface area contributed by atoms with Crippen LogP contribution in [0.25, 0.3) is 22.3 Å². The van der Waals surface area contributed by atoms with E-state index in [2.05, 4.69) is 0 Å². The van der Waals surface area contributed by atoms with Crippen LogP contribution in [0, 0.1) is 0 Å². The van der Waals surface area contributed by atoms with E-state index in [1.54, 1.807) is 0 Å². The number of benzene rings is 2. The lowest BCUT2D eigenvalue weighted by molar-refractivity contribution is -0.231. The van der Waals surface area contributed by atoms with Crippen molar-refractivity contribution in [3.63, 3.8) is 0 Å². The molecule has 0 bridgehead atoms. The van der Waals surface area contributed by atoms with Crippen LogP contribution in [0.15, 0.2) is 39.5 Å². The van der Waals surface area contributed by atoms with E-state index >= 15 is 0 Å². The number of phenolic OH excluding ortho intramolecular Hbond substituents is 3. The minimum atomic E-state index is -1.96. The Morgan fingerprint density at radius 1 is 0.775 bits per heavy atom. The average Bonchev–Trinajstić information content (AvgIpc) is 2.92. The van der Waals surface area contributed by atoms with E-state index < -0.39 is 107 Å². The van der Waals surface area contributed by atoms with Crippen LogP contribution in [0.2, 0.25) is 0 Å². The normalized spacial score (nSPS) is 32.8. The summed E-state index contributed by atoms with van der Waals surface area (Å²) in [7, 11) is 0. The molecule has 2 aliphatic heterocycles. The zero-order valence-corrected chi connectivity index (χ0v) is 20.6. The lowest BCUT2D eigenvalue weighted by Crippen LogP contribution is -2.55. The molecule has 2 aliphatic rings. The molecule has 2 aromatic carbocycles. The van der Waals surface area contributed by atoms with Crippen LogP contribution in [0.1, 0.15) is 23.3 Å². The fourth-order valence-electron chi connectivity index (χ4n) is 5.11. The van der Waals surface area contributed by atoms with Gasteiger partial charge < -0.3 is 65.0 Å². The van der Waals surface area contributed by atoms with Gasteiger partial charge in [0, 0.05) is 11.6 Å². The van der Waals surface area contributed by atoms with E-state index in [0.29, 0.717) is 5.56 Å². The van der Waals surface area contributed by atoms with E-state index in [4.69, 9.17) is 13.9 Å². The predicted molar refractivity (Wildman–Crippen MR) is 132 cm³/mol. The van der Waals surface area contributed by atoms with Crippen LogP contribution in [-0.2, 0) is 9.47 Å². The molecule has 0 aliphatic carbocycles. The van der Waals surface area contributed by atoms with Gasteiger partial charge in [-0.3, -0.25) is 4.79 Å². The topological polar surface area (TPSA) is 251 Å². The van der Waals surface area contributed by atoms with Crippen molar-refractivity contribution in [1.82, 2.24) is 0 Å². The fourth-order valence-corrected chi connectivity index (χ4v) is 5.11. The van der Waals surface area contributed by atoms with Gasteiger partial charge in [-0.2, -0.15) is 0 Å². The van der Waals surface area contributed by atoms with Gasteiger partial charge in [-0.25, -0.2) is 0 Å². The summed E-state index contributed by atoms with van der Waals surface area (Å²) in [5.74, 6) is -2.00. The second-order valence-electron chi connectivity index (χ2n) is 9.80. The van der Waals surface area contributed by atoms with Crippen molar-refractivity contribution in [1.29, 1.82) is 0 Å². The molecule has 2 fully saturated rings. The third-order valence-corrected chi connectivity index (χ3v) is 7.31. The van der Waals surface area contributed by atoms with Crippen molar-refractivity contribution in [2.75, 3.05) is 13.2 Å². The zero-order valence-electron chi connectivity index (χ0n) is 20.6. The Morgan fingerprint density at radius 3 is 2.08 bits per heavy atom. The third-order valence-electron chi connectivity index (χ3n) is 7.31. The number of aliphatic hydroxyl groups excluding tert-OH is 7. The number of ether oxygens (including phenoxy) is 2. The van der Waals surface area contributed by atoms with E-state index in [-0.39, 0.29) is 11.5 Å². The molecule has 216 valence electrons. The molecular weight excluding hydrogens is 536 g/mol. The lowest BCUT2D eigenvalue weighted by Gasteiger charge is -2.41. The zero-order chi connectivity index (χ0) is 29.0. The minimum Gasteiger partial charge on any atom is -0.508 e. The minimum absolute atomic E-state index is 0.0767. The maximum absolute atomic E-state index is 13.4. The molecule has 1 aromatic heterocycles. The quantitative estimate of drug-likeness (QED) is 0.169. The highest BCUT2D eigenvalue weighted by Gasteiger charge is 2.48. The number of phenols is 3. The van der Waals surface area contributed by atoms with E-state index in [1.807, 2.05) is 0 Å². The molecule has 3 aromatic rings. The highest BCUT2D eigenvalue weighted by atomic mass is 16.5. The van der Waals surface area contributed by atoms with Gasteiger partial charge in [-0.15, -0.1) is 0 Å². The van der Waals surface area contributed by atoms with Crippen LogP contribution in [0.3, 0.4) is 0 Å². The summed E-state index contributed by atoms with van der Waals surface area (Å²) in [4.78, 5) is 13.4. The number of hydrogen-bond donors (Lipinski definition) is 10. The maximum atomic E-state index is 13.4. The Hall–Kier alpha value is -3.31. The molecule has 14 heteroatoms. The van der Waals surface area contributed by atoms with Gasteiger partial charge in [0.2, 0.25) is 0 Å². The molecule has 0 spiro atoms. The fraction of sp³-hybridized carbons (Fsp3) is 0.423. The van der Waals surface area contributed by atoms with Gasteiger partial charge in [-0.05, 0) is 24.3 Å². The van der Waals surface area contributed by atoms with Crippen LogP contribution in [-0.4, -0.2) is 107 Å². The molecule has 3 heterocycles. The van der Waals surface area contributed by atoms with Crippen LogP contribution in [0.5, 0.6) is 17.2 Å². The Morgan fingerprint density at radius 2 is 1.43 bits per heavy atom. The second-order valence-corrected chi connectivity index (χ2v) is 9.80. The molecule has 10 N–H and O–H groups in total. The van der Waals surface area contributed by atoms with E-state index in [0.717, 1.165) is 6.07 Å². The largest absolute Gasteiger partial charge is 0.508 e. The van der Waals surface area contributed by atoms with Crippen LogP contribution >= 0.6 is 0 Å². The molecule has 5 rings (SSSR count). The van der Waals surface area contributed by atoms with Gasteiger partial charge in [0.15, 0.2) is 11.0 Å². The first-order valence-electron chi connectivity index (χ1n) is 12.3. The summed E-state index contributed by atoms with van der Waals surface area (Å²) in [6.07, 6.45) is -15.7. The second kappa shape index (κ2) is 10.6. The molecule has 0 saturated carbocycles. The Balaban J connectivity index is 1.81. The predicted octanol–water partition coefficient (Wildman–Crippen LogP) is -1.75. The highest BCUT2D eigenvalue weighted by molar-refractivity contribution is 5.92. The number of rotatable bonds is 4. The molecular formula is C26H28O14. The van der Waals surface area contributed by atoms with Gasteiger partial charge in [-0.1, -0.05) is 0 Å². The summed E-state index contributed by atoms with van der Waals surface area (Å²) in [5.41, 5.74) is -2.19. The van der Waals surface area contributed by atoms with Crippen molar-refractivity contribution in [2.45, 2.75) is 54.9 Å². The Bertz CT molecular complexity index is 1450. The summed E-state index contributed by atoms with van der Waals surface area (Å²) in [6.45, 7) is -1.34. The summed E-state index contributed by atoms with van der Waals surface area (Å²) < 4.78 is 16.9. The average molecular weight is 564 g/mol. The first kappa shape index (κ1) is 28.2. The molecule has 3 unspecified atom stereocenters. The summed E-state index contributed by atoms with van der Waals surface area (Å²) in [5, 5.41) is 104. The van der Waals surface area contributed by atoms with Crippen molar-refractivity contribution in [3.8, 4) is 28.6 Å². The molecule has 9 atom stereocenters. The van der Waals surface area contributed by atoms with E-state index in [1.165, 1.54) is 24.3 Å². The van der Waals surface area contributed by atoms with Gasteiger partial charge in [0.25, 0.3) is 0 Å². The summed E-state index contributed by atoms with van der Waals surface area (Å²) >= 11 is 0. The van der Waals surface area contributed by atoms with E-state index in [9.17, 15) is 55.9 Å². The monoisotopic (exact) mass is 564 g/mol. The smallest absolute Gasteiger partial charge is 0.197 e. The van der Waals surface area contributed by atoms with Gasteiger partial charge in [0.1, 0.15) is 83.3 Å². The molecule has 2 saturated heterocycles. The van der Waals surface area contributed by atoms with Crippen molar-refractivity contribution in [3.05, 3.63) is 51.7 Å². The third kappa shape index (κ3) is 4.49. The highest BCUT2D eigenvalue weighted by Crippen LogP contribution is 2.50. The van der Waals surface area contributed by atoms with Crippen molar-refractivity contribution < 1.29 is 65.0 Å². The summed E-state index contributed by atoms with van der Waals surface area (Å²) in [6, 6.07) is 6.47. The molecule has 40 heavy (non-hydrogen) atoms. The molecule has 14 nitrogen and oxygen atoms in total. The number of fused-ring (bicyclic) bond motifs is 1. The number of hydrogen-bond acceptors (Lipinski definition) is 14. The van der Waals surface area contributed by atoms with Crippen LogP contribution in [0.4, 0.5) is 0 Å².